The molecular weight excluding hydrogens is 432 g/mol. The lowest BCUT2D eigenvalue weighted by Crippen LogP contribution is -2.44. The number of phenols is 1. The van der Waals surface area contributed by atoms with Crippen molar-refractivity contribution in [1.29, 1.82) is 0 Å². The van der Waals surface area contributed by atoms with E-state index in [2.05, 4.69) is 20.7 Å². The van der Waals surface area contributed by atoms with Crippen molar-refractivity contribution in [2.24, 2.45) is 17.6 Å². The normalized spacial score (nSPS) is 12.4. The molecule has 0 saturated heterocycles. The lowest BCUT2D eigenvalue weighted by molar-refractivity contribution is -0.130. The summed E-state index contributed by atoms with van der Waals surface area (Å²) in [7, 11) is 1.18. The van der Waals surface area contributed by atoms with Crippen molar-refractivity contribution >= 4 is 35.3 Å². The first-order valence-electron chi connectivity index (χ1n) is 10.5. The van der Waals surface area contributed by atoms with Crippen molar-refractivity contribution in [2.75, 3.05) is 19.0 Å². The molecule has 11 heteroatoms. The first kappa shape index (κ1) is 27.4. The Kier molecular flexibility index (Phi) is 10.8. The third-order valence-corrected chi connectivity index (χ3v) is 4.89. The van der Waals surface area contributed by atoms with Gasteiger partial charge in [-0.2, -0.15) is 0 Å². The van der Waals surface area contributed by atoms with Crippen molar-refractivity contribution in [3.63, 3.8) is 0 Å². The first-order valence-corrected chi connectivity index (χ1v) is 10.5. The van der Waals surface area contributed by atoms with Gasteiger partial charge in [-0.1, -0.05) is 13.8 Å². The molecule has 0 fully saturated rings. The predicted molar refractivity (Wildman–Crippen MR) is 120 cm³/mol. The number of anilines is 1. The third kappa shape index (κ3) is 9.17. The number of methoxy groups -OCH3 is 1. The van der Waals surface area contributed by atoms with Crippen molar-refractivity contribution < 1.29 is 33.8 Å². The average Bonchev–Trinajstić information content (AvgIpc) is 2.72. The Balaban J connectivity index is 2.99. The maximum atomic E-state index is 12.9. The van der Waals surface area contributed by atoms with Gasteiger partial charge in [0.25, 0.3) is 0 Å². The number of hydrogen-bond acceptors (Lipinski definition) is 7. The van der Waals surface area contributed by atoms with Gasteiger partial charge in [-0.3, -0.25) is 14.4 Å². The van der Waals surface area contributed by atoms with E-state index in [1.54, 1.807) is 13.8 Å². The van der Waals surface area contributed by atoms with Gasteiger partial charge in [-0.25, -0.2) is 9.59 Å². The molecule has 6 N–H and O–H groups in total. The molecule has 33 heavy (non-hydrogen) atoms. The van der Waals surface area contributed by atoms with Crippen LogP contribution in [0.25, 0.3) is 0 Å². The number of Topliss-reactive ketones (excluding diaryl/α,β-unsaturated/α-hetero) is 1. The van der Waals surface area contributed by atoms with E-state index >= 15 is 0 Å². The van der Waals surface area contributed by atoms with E-state index in [1.807, 2.05) is 0 Å². The van der Waals surface area contributed by atoms with Crippen LogP contribution in [0.3, 0.4) is 0 Å². The molecule has 0 radical (unpaired) electrons. The van der Waals surface area contributed by atoms with Crippen LogP contribution in [0.4, 0.5) is 10.5 Å². The Morgan fingerprint density at radius 3 is 2.33 bits per heavy atom. The largest absolute Gasteiger partial charge is 0.507 e. The van der Waals surface area contributed by atoms with Gasteiger partial charge in [0, 0.05) is 37.6 Å². The molecule has 0 heterocycles. The molecule has 182 valence electrons. The topological polar surface area (TPSA) is 177 Å². The lowest BCUT2D eigenvalue weighted by Gasteiger charge is -2.23. The van der Waals surface area contributed by atoms with E-state index in [1.165, 1.54) is 32.2 Å². The number of ketones is 1. The quantitative estimate of drug-likeness (QED) is 0.229. The fourth-order valence-electron chi connectivity index (χ4n) is 3.23. The number of hydrogen-bond donors (Lipinski definition) is 5. The average molecular weight is 465 g/mol. The second kappa shape index (κ2) is 13.0. The molecule has 1 aromatic rings. The van der Waals surface area contributed by atoms with Crippen LogP contribution in [0, 0.1) is 11.8 Å². The summed E-state index contributed by atoms with van der Waals surface area (Å²) in [6.07, 6.45) is 0.500. The van der Waals surface area contributed by atoms with Crippen LogP contribution < -0.4 is 21.7 Å². The number of benzene rings is 1. The minimum absolute atomic E-state index is 0.0603. The number of aromatic hydroxyl groups is 1. The van der Waals surface area contributed by atoms with Gasteiger partial charge in [-0.15, -0.1) is 0 Å². The molecule has 0 saturated carbocycles. The second-order valence-electron chi connectivity index (χ2n) is 7.94. The van der Waals surface area contributed by atoms with Gasteiger partial charge in [-0.05, 0) is 30.9 Å². The van der Waals surface area contributed by atoms with Gasteiger partial charge in [0.05, 0.1) is 13.2 Å². The van der Waals surface area contributed by atoms with Gasteiger partial charge in [0.15, 0.2) is 5.78 Å². The van der Waals surface area contributed by atoms with Crippen LogP contribution in [0.2, 0.25) is 0 Å². The number of nitrogens with one attached hydrogen (secondary N) is 3. The van der Waals surface area contributed by atoms with Crippen LogP contribution in [0.5, 0.6) is 5.75 Å². The fraction of sp³-hybridized carbons (Fsp3) is 0.500. The van der Waals surface area contributed by atoms with Crippen molar-refractivity contribution in [3.05, 3.63) is 23.8 Å². The third-order valence-electron chi connectivity index (χ3n) is 4.89. The zero-order valence-corrected chi connectivity index (χ0v) is 19.3. The summed E-state index contributed by atoms with van der Waals surface area (Å²) in [5.41, 5.74) is 5.21. The zero-order chi connectivity index (χ0) is 25.1. The Morgan fingerprint density at radius 2 is 1.82 bits per heavy atom. The molecule has 1 rings (SSSR count). The summed E-state index contributed by atoms with van der Waals surface area (Å²) in [6, 6.07) is 2.49. The number of carbonyl (C=O) groups is 5. The van der Waals surface area contributed by atoms with E-state index in [0.29, 0.717) is 6.42 Å². The highest BCUT2D eigenvalue weighted by atomic mass is 16.5. The minimum Gasteiger partial charge on any atom is -0.507 e. The highest BCUT2D eigenvalue weighted by molar-refractivity contribution is 5.98. The van der Waals surface area contributed by atoms with Crippen LogP contribution in [0.1, 0.15) is 50.4 Å². The van der Waals surface area contributed by atoms with E-state index in [4.69, 9.17) is 5.73 Å². The Hall–Kier alpha value is -3.63. The van der Waals surface area contributed by atoms with E-state index in [0.717, 1.165) is 0 Å². The Labute approximate surface area is 192 Å². The predicted octanol–water partition coefficient (Wildman–Crippen LogP) is 1.30. The number of phenolic OH excluding ortho intramolecular Hbond substituents is 1. The highest BCUT2D eigenvalue weighted by Gasteiger charge is 2.29. The summed E-state index contributed by atoms with van der Waals surface area (Å²) < 4.78 is 4.57. The van der Waals surface area contributed by atoms with Gasteiger partial charge < -0.3 is 31.5 Å². The van der Waals surface area contributed by atoms with Gasteiger partial charge in [0.2, 0.25) is 11.8 Å². The van der Waals surface area contributed by atoms with Gasteiger partial charge in [0.1, 0.15) is 11.3 Å². The summed E-state index contributed by atoms with van der Waals surface area (Å²) in [5.74, 6) is -3.19. The minimum atomic E-state index is -0.774. The molecule has 0 aliphatic heterocycles. The number of nitrogens with two attached hydrogens (primary N) is 1. The lowest BCUT2D eigenvalue weighted by atomic mass is 9.89. The maximum Gasteiger partial charge on any atom is 0.341 e. The highest BCUT2D eigenvalue weighted by Crippen LogP contribution is 2.24. The molecule has 0 spiro atoms. The second-order valence-corrected chi connectivity index (χ2v) is 7.94. The molecule has 11 nitrogen and oxygen atoms in total. The van der Waals surface area contributed by atoms with E-state index in [-0.39, 0.29) is 54.0 Å². The van der Waals surface area contributed by atoms with Crippen LogP contribution in [0.15, 0.2) is 18.2 Å². The van der Waals surface area contributed by atoms with Crippen molar-refractivity contribution in [2.45, 2.75) is 46.1 Å². The first-order chi connectivity index (χ1) is 15.5. The number of amides is 4. The summed E-state index contributed by atoms with van der Waals surface area (Å²) in [6.45, 7) is 5.11. The molecular formula is C22H32N4O7. The van der Waals surface area contributed by atoms with Crippen molar-refractivity contribution in [1.82, 2.24) is 10.6 Å². The number of carbonyl (C=O) groups excluding carboxylic acids is 5. The standard InChI is InChI=1S/C22H32N4O7/c1-12(2)19(25-13(3)27)18(29)10-14(6-5-9-24-22(23)32)20(30)26-15-7-8-16(17(28)11-15)21(31)33-4/h7-8,11-12,14,19,28H,5-6,9-10H2,1-4H3,(H,25,27)(H,26,30)(H3,23,24,32)/t14-,19+/m1/s1. The Bertz CT molecular complexity index is 885. The van der Waals surface area contributed by atoms with Crippen LogP contribution in [-0.4, -0.2) is 54.4 Å². The van der Waals surface area contributed by atoms with Crippen molar-refractivity contribution in [3.8, 4) is 5.75 Å². The SMILES string of the molecule is COC(=O)c1ccc(NC(=O)[C@H](CCCNC(N)=O)CC(=O)[C@@H](NC(C)=O)C(C)C)cc1O. The molecule has 2 atom stereocenters. The zero-order valence-electron chi connectivity index (χ0n) is 19.3. The summed E-state index contributed by atoms with van der Waals surface area (Å²) in [5, 5.41) is 17.7. The molecule has 0 bridgehead atoms. The smallest absolute Gasteiger partial charge is 0.341 e. The summed E-state index contributed by atoms with van der Waals surface area (Å²) >= 11 is 0. The number of esters is 1. The fourth-order valence-corrected chi connectivity index (χ4v) is 3.23. The summed E-state index contributed by atoms with van der Waals surface area (Å²) in [4.78, 5) is 59.8. The number of urea groups is 1. The molecule has 0 unspecified atom stereocenters. The Morgan fingerprint density at radius 1 is 1.15 bits per heavy atom. The monoisotopic (exact) mass is 464 g/mol. The molecule has 0 aliphatic rings. The maximum absolute atomic E-state index is 12.9. The molecule has 0 aliphatic carbocycles. The number of rotatable bonds is 12. The van der Waals surface area contributed by atoms with Crippen LogP contribution >= 0.6 is 0 Å². The number of primary amides is 1. The molecule has 1 aromatic carbocycles. The van der Waals surface area contributed by atoms with E-state index < -0.39 is 29.9 Å². The van der Waals surface area contributed by atoms with Crippen LogP contribution in [-0.2, 0) is 19.1 Å². The number of ether oxygens (including phenoxy) is 1. The van der Waals surface area contributed by atoms with E-state index in [9.17, 15) is 29.1 Å². The molecule has 0 aromatic heterocycles. The molecule has 4 amide bonds. The van der Waals surface area contributed by atoms with Gasteiger partial charge >= 0.3 is 12.0 Å².